The van der Waals surface area contributed by atoms with Crippen LogP contribution >= 0.6 is 0 Å². The van der Waals surface area contributed by atoms with Gasteiger partial charge >= 0.3 is 0 Å². The molecule has 1 N–H and O–H groups in total. The van der Waals surface area contributed by atoms with Gasteiger partial charge in [-0.05, 0) is 24.8 Å². The molecule has 0 bridgehead atoms. The summed E-state index contributed by atoms with van der Waals surface area (Å²) in [6, 6.07) is 5.02. The number of nitrogens with zero attached hydrogens (tertiary/aromatic N) is 1. The number of anilines is 1. The number of hydrogen-bond donors (Lipinski definition) is 1. The van der Waals surface area contributed by atoms with Crippen LogP contribution in [0, 0.1) is 16.0 Å². The summed E-state index contributed by atoms with van der Waals surface area (Å²) in [5.41, 5.74) is 0.800. The highest BCUT2D eigenvalue weighted by Gasteiger charge is 2.24. The van der Waals surface area contributed by atoms with E-state index in [4.69, 9.17) is 4.74 Å². The number of hydrogen-bond acceptors (Lipinski definition) is 4. The summed E-state index contributed by atoms with van der Waals surface area (Å²) in [7, 11) is 1.57. The van der Waals surface area contributed by atoms with E-state index in [9.17, 15) is 10.1 Å². The van der Waals surface area contributed by atoms with Crippen molar-refractivity contribution in [2.45, 2.75) is 32.2 Å². The van der Waals surface area contributed by atoms with Crippen LogP contribution < -0.4 is 10.1 Å². The summed E-state index contributed by atoms with van der Waals surface area (Å²) < 4.78 is 5.24. The summed E-state index contributed by atoms with van der Waals surface area (Å²) in [6.07, 6.45) is 3.51. The van der Waals surface area contributed by atoms with Crippen LogP contribution in [0.3, 0.4) is 0 Å². The quantitative estimate of drug-likeness (QED) is 0.658. The number of nitrogens with one attached hydrogen (secondary N) is 1. The minimum atomic E-state index is -0.386. The zero-order valence-electron chi connectivity index (χ0n) is 10.7. The molecule has 1 aliphatic rings. The maximum atomic E-state index is 10.8. The van der Waals surface area contributed by atoms with Crippen LogP contribution in [0.5, 0.6) is 5.75 Å². The molecule has 0 saturated heterocycles. The van der Waals surface area contributed by atoms with Crippen molar-refractivity contribution in [1.29, 1.82) is 0 Å². The van der Waals surface area contributed by atoms with Crippen molar-refractivity contribution in [2.75, 3.05) is 12.4 Å². The molecule has 2 unspecified atom stereocenters. The maximum Gasteiger partial charge on any atom is 0.271 e. The van der Waals surface area contributed by atoms with E-state index in [1.54, 1.807) is 19.2 Å². The minimum absolute atomic E-state index is 0.0870. The minimum Gasteiger partial charge on any atom is -0.495 e. The van der Waals surface area contributed by atoms with Gasteiger partial charge in [0.15, 0.2) is 0 Å². The second-order valence-electron chi connectivity index (χ2n) is 4.80. The van der Waals surface area contributed by atoms with Crippen molar-refractivity contribution in [3.8, 4) is 5.75 Å². The zero-order chi connectivity index (χ0) is 13.1. The summed E-state index contributed by atoms with van der Waals surface area (Å²) in [5.74, 6) is 1.24. The lowest BCUT2D eigenvalue weighted by molar-refractivity contribution is -0.384. The van der Waals surface area contributed by atoms with Gasteiger partial charge in [-0.2, -0.15) is 0 Å². The van der Waals surface area contributed by atoms with Crippen molar-refractivity contribution in [3.63, 3.8) is 0 Å². The van der Waals surface area contributed by atoms with Gasteiger partial charge in [-0.1, -0.05) is 13.3 Å². The molecule has 5 heteroatoms. The van der Waals surface area contributed by atoms with Gasteiger partial charge in [0.05, 0.1) is 17.7 Å². The number of benzene rings is 1. The molecule has 2 rings (SSSR count). The smallest absolute Gasteiger partial charge is 0.271 e. The van der Waals surface area contributed by atoms with Gasteiger partial charge in [0.2, 0.25) is 0 Å². The molecular formula is C13H18N2O3. The first-order chi connectivity index (χ1) is 8.61. The Labute approximate surface area is 106 Å². The molecule has 98 valence electrons. The van der Waals surface area contributed by atoms with Gasteiger partial charge < -0.3 is 10.1 Å². The standard InChI is InChI=1S/C13H18N2O3/c1-9-4-3-5-11(9)14-12-8-10(15(16)17)6-7-13(12)18-2/h6-9,11,14H,3-5H2,1-2H3. The highest BCUT2D eigenvalue weighted by molar-refractivity contribution is 5.62. The van der Waals surface area contributed by atoms with E-state index in [0.29, 0.717) is 23.4 Å². The zero-order valence-corrected chi connectivity index (χ0v) is 10.7. The van der Waals surface area contributed by atoms with Crippen LogP contribution in [-0.2, 0) is 0 Å². The molecular weight excluding hydrogens is 232 g/mol. The van der Waals surface area contributed by atoms with Gasteiger partial charge in [-0.3, -0.25) is 10.1 Å². The Morgan fingerprint density at radius 1 is 1.44 bits per heavy atom. The summed E-state index contributed by atoms with van der Waals surface area (Å²) in [6.45, 7) is 2.20. The highest BCUT2D eigenvalue weighted by atomic mass is 16.6. The molecule has 0 spiro atoms. The van der Waals surface area contributed by atoms with Crippen LogP contribution in [0.1, 0.15) is 26.2 Å². The molecule has 1 aromatic carbocycles. The van der Waals surface area contributed by atoms with E-state index in [0.717, 1.165) is 6.42 Å². The molecule has 2 atom stereocenters. The Hall–Kier alpha value is -1.78. The maximum absolute atomic E-state index is 10.8. The molecule has 18 heavy (non-hydrogen) atoms. The topological polar surface area (TPSA) is 64.4 Å². The Bertz CT molecular complexity index is 448. The second-order valence-corrected chi connectivity index (χ2v) is 4.80. The number of methoxy groups -OCH3 is 1. The van der Waals surface area contributed by atoms with Crippen molar-refractivity contribution >= 4 is 11.4 Å². The lowest BCUT2D eigenvalue weighted by Crippen LogP contribution is -2.22. The third-order valence-electron chi connectivity index (χ3n) is 3.60. The van der Waals surface area contributed by atoms with Crippen LogP contribution in [0.2, 0.25) is 0 Å². The molecule has 5 nitrogen and oxygen atoms in total. The lowest BCUT2D eigenvalue weighted by atomic mass is 10.1. The molecule has 0 aromatic heterocycles. The Morgan fingerprint density at radius 2 is 2.22 bits per heavy atom. The first kappa shape index (κ1) is 12.7. The Kier molecular flexibility index (Phi) is 3.69. The van der Waals surface area contributed by atoms with E-state index in [2.05, 4.69) is 12.2 Å². The molecule has 1 aromatic rings. The normalized spacial score (nSPS) is 22.8. The first-order valence-corrected chi connectivity index (χ1v) is 6.21. The monoisotopic (exact) mass is 250 g/mol. The lowest BCUT2D eigenvalue weighted by Gasteiger charge is -2.20. The molecule has 0 aliphatic heterocycles. The fraction of sp³-hybridized carbons (Fsp3) is 0.538. The average molecular weight is 250 g/mol. The van der Waals surface area contributed by atoms with Crippen molar-refractivity contribution in [1.82, 2.24) is 0 Å². The summed E-state index contributed by atoms with van der Waals surface area (Å²) in [5, 5.41) is 14.2. The summed E-state index contributed by atoms with van der Waals surface area (Å²) >= 11 is 0. The van der Waals surface area contributed by atoms with Gasteiger partial charge in [0, 0.05) is 18.2 Å². The van der Waals surface area contributed by atoms with E-state index in [1.165, 1.54) is 18.9 Å². The summed E-state index contributed by atoms with van der Waals surface area (Å²) in [4.78, 5) is 10.4. The molecule has 0 amide bonds. The predicted molar refractivity (Wildman–Crippen MR) is 70.1 cm³/mol. The second kappa shape index (κ2) is 5.25. The van der Waals surface area contributed by atoms with E-state index < -0.39 is 0 Å². The highest BCUT2D eigenvalue weighted by Crippen LogP contribution is 2.33. The molecule has 0 radical (unpaired) electrons. The van der Waals surface area contributed by atoms with Crippen LogP contribution in [0.25, 0.3) is 0 Å². The molecule has 0 heterocycles. The van der Waals surface area contributed by atoms with Gasteiger partial charge in [0.25, 0.3) is 5.69 Å². The van der Waals surface area contributed by atoms with Crippen molar-refractivity contribution < 1.29 is 9.66 Å². The molecule has 1 aliphatic carbocycles. The Balaban J connectivity index is 2.23. The van der Waals surface area contributed by atoms with Crippen molar-refractivity contribution in [2.24, 2.45) is 5.92 Å². The average Bonchev–Trinajstić information content (AvgIpc) is 2.75. The third-order valence-corrected chi connectivity index (χ3v) is 3.60. The van der Waals surface area contributed by atoms with E-state index in [1.807, 2.05) is 0 Å². The third kappa shape index (κ3) is 2.55. The van der Waals surface area contributed by atoms with Crippen LogP contribution in [0.15, 0.2) is 18.2 Å². The molecule has 1 saturated carbocycles. The molecule has 1 fully saturated rings. The van der Waals surface area contributed by atoms with Crippen molar-refractivity contribution in [3.05, 3.63) is 28.3 Å². The number of nitro benzene ring substituents is 1. The predicted octanol–water partition coefficient (Wildman–Crippen LogP) is 3.20. The van der Waals surface area contributed by atoms with Gasteiger partial charge in [-0.15, -0.1) is 0 Å². The van der Waals surface area contributed by atoms with Gasteiger partial charge in [-0.25, -0.2) is 0 Å². The SMILES string of the molecule is COc1ccc([N+](=O)[O-])cc1NC1CCCC1C. The number of rotatable bonds is 4. The fourth-order valence-corrected chi connectivity index (χ4v) is 2.48. The first-order valence-electron chi connectivity index (χ1n) is 6.21. The largest absolute Gasteiger partial charge is 0.495 e. The van der Waals surface area contributed by atoms with Crippen LogP contribution in [0.4, 0.5) is 11.4 Å². The van der Waals surface area contributed by atoms with E-state index in [-0.39, 0.29) is 10.6 Å². The van der Waals surface area contributed by atoms with Crippen LogP contribution in [-0.4, -0.2) is 18.1 Å². The fourth-order valence-electron chi connectivity index (χ4n) is 2.48. The van der Waals surface area contributed by atoms with Gasteiger partial charge in [0.1, 0.15) is 5.75 Å². The number of ether oxygens (including phenoxy) is 1. The van der Waals surface area contributed by atoms with E-state index >= 15 is 0 Å². The Morgan fingerprint density at radius 3 is 2.78 bits per heavy atom. The number of non-ortho nitro benzene ring substituents is 1. The number of nitro groups is 1.